The molecule has 0 aliphatic heterocycles. The zero-order chi connectivity index (χ0) is 19.3. The Morgan fingerprint density at radius 1 is 0.778 bits per heavy atom. The summed E-state index contributed by atoms with van der Waals surface area (Å²) in [5.41, 5.74) is 0.317. The Kier molecular flexibility index (Phi) is 9.75. The van der Waals surface area contributed by atoms with Gasteiger partial charge in [0.1, 0.15) is 5.75 Å². The smallest absolute Gasteiger partial charge is 0.335 e. The van der Waals surface area contributed by atoms with Gasteiger partial charge in [-0.05, 0) is 41.5 Å². The van der Waals surface area contributed by atoms with E-state index in [9.17, 15) is 4.79 Å². The minimum atomic E-state index is -0.895. The Bertz CT molecular complexity index is 693. The van der Waals surface area contributed by atoms with Crippen LogP contribution in [0.2, 0.25) is 0 Å². The highest BCUT2D eigenvalue weighted by atomic mass is 16.5. The zero-order valence-corrected chi connectivity index (χ0v) is 16.7. The van der Waals surface area contributed by atoms with E-state index in [1.165, 1.54) is 64.2 Å². The molecule has 2 rings (SSSR count). The topological polar surface area (TPSA) is 46.5 Å². The predicted octanol–water partition coefficient (Wildman–Crippen LogP) is 7.23. The number of fused-ring (bicyclic) bond motifs is 1. The maximum Gasteiger partial charge on any atom is 0.335 e. The standard InChI is InChI=1S/C24H34O3/c1-2-3-4-5-6-7-8-9-10-11-12-17-27-23-16-15-20-18-22(24(25)26)14-13-21(20)19-23/h13-16,18-19H,2-12,17H2,1H3,(H,25,26). The van der Waals surface area contributed by atoms with E-state index in [1.807, 2.05) is 24.3 Å². The molecule has 0 heterocycles. The van der Waals surface area contributed by atoms with Crippen molar-refractivity contribution in [2.24, 2.45) is 0 Å². The molecule has 3 heteroatoms. The number of carbonyl (C=O) groups is 1. The minimum Gasteiger partial charge on any atom is -0.494 e. The van der Waals surface area contributed by atoms with Gasteiger partial charge >= 0.3 is 5.97 Å². The first-order valence-corrected chi connectivity index (χ1v) is 10.6. The van der Waals surface area contributed by atoms with Crippen molar-refractivity contribution >= 4 is 16.7 Å². The van der Waals surface area contributed by atoms with Crippen LogP contribution in [0, 0.1) is 0 Å². The van der Waals surface area contributed by atoms with Gasteiger partial charge in [0.05, 0.1) is 12.2 Å². The quantitative estimate of drug-likeness (QED) is 0.357. The lowest BCUT2D eigenvalue weighted by molar-refractivity contribution is 0.0697. The number of carboxylic acids is 1. The third-order valence-corrected chi connectivity index (χ3v) is 5.08. The Morgan fingerprint density at radius 2 is 1.33 bits per heavy atom. The first kappa shape index (κ1) is 21.3. The van der Waals surface area contributed by atoms with Crippen LogP contribution in [-0.2, 0) is 0 Å². The number of rotatable bonds is 14. The van der Waals surface area contributed by atoms with Crippen LogP contribution in [-0.4, -0.2) is 17.7 Å². The van der Waals surface area contributed by atoms with Crippen molar-refractivity contribution in [2.45, 2.75) is 77.6 Å². The van der Waals surface area contributed by atoms with E-state index >= 15 is 0 Å². The van der Waals surface area contributed by atoms with Gasteiger partial charge in [-0.1, -0.05) is 83.3 Å². The molecular formula is C24H34O3. The molecule has 27 heavy (non-hydrogen) atoms. The summed E-state index contributed by atoms with van der Waals surface area (Å²) >= 11 is 0. The largest absolute Gasteiger partial charge is 0.494 e. The highest BCUT2D eigenvalue weighted by Gasteiger charge is 2.04. The van der Waals surface area contributed by atoms with Gasteiger partial charge in [-0.25, -0.2) is 4.79 Å². The molecule has 0 spiro atoms. The summed E-state index contributed by atoms with van der Waals surface area (Å²) in [7, 11) is 0. The first-order chi connectivity index (χ1) is 13.2. The summed E-state index contributed by atoms with van der Waals surface area (Å²) in [4.78, 5) is 11.0. The second-order valence-electron chi connectivity index (χ2n) is 7.41. The highest BCUT2D eigenvalue weighted by molar-refractivity contribution is 5.94. The second-order valence-corrected chi connectivity index (χ2v) is 7.41. The van der Waals surface area contributed by atoms with Crippen molar-refractivity contribution in [3.8, 4) is 5.75 Å². The Labute approximate surface area is 163 Å². The van der Waals surface area contributed by atoms with Gasteiger partial charge in [0.25, 0.3) is 0 Å². The molecule has 0 aliphatic carbocycles. The van der Waals surface area contributed by atoms with E-state index < -0.39 is 5.97 Å². The van der Waals surface area contributed by atoms with Crippen molar-refractivity contribution in [1.82, 2.24) is 0 Å². The van der Waals surface area contributed by atoms with E-state index in [4.69, 9.17) is 9.84 Å². The van der Waals surface area contributed by atoms with Crippen molar-refractivity contribution in [3.05, 3.63) is 42.0 Å². The number of hydrogen-bond acceptors (Lipinski definition) is 2. The SMILES string of the molecule is CCCCCCCCCCCCCOc1ccc2cc(C(=O)O)ccc2c1. The summed E-state index contributed by atoms with van der Waals surface area (Å²) in [6.45, 7) is 3.01. The third-order valence-electron chi connectivity index (χ3n) is 5.08. The van der Waals surface area contributed by atoms with Crippen LogP contribution in [0.1, 0.15) is 87.9 Å². The Balaban J connectivity index is 1.56. The number of carboxylic acid groups (broad SMARTS) is 1. The fourth-order valence-corrected chi connectivity index (χ4v) is 3.40. The summed E-state index contributed by atoms with van der Waals surface area (Å²) in [5, 5.41) is 11.0. The molecule has 0 fully saturated rings. The summed E-state index contributed by atoms with van der Waals surface area (Å²) in [5.74, 6) is -0.0358. The molecule has 0 aliphatic rings. The maximum atomic E-state index is 11.0. The van der Waals surface area contributed by atoms with Crippen LogP contribution in [0.3, 0.4) is 0 Å². The molecule has 0 saturated heterocycles. The number of benzene rings is 2. The third kappa shape index (κ3) is 8.03. The summed E-state index contributed by atoms with van der Waals surface area (Å²) < 4.78 is 5.86. The molecule has 148 valence electrons. The monoisotopic (exact) mass is 370 g/mol. The zero-order valence-electron chi connectivity index (χ0n) is 16.7. The molecule has 0 saturated carbocycles. The van der Waals surface area contributed by atoms with Gasteiger partial charge in [0.15, 0.2) is 0 Å². The second kappa shape index (κ2) is 12.4. The molecular weight excluding hydrogens is 336 g/mol. The summed E-state index contributed by atoms with van der Waals surface area (Å²) in [6.07, 6.45) is 14.7. The molecule has 0 aromatic heterocycles. The van der Waals surface area contributed by atoms with Crippen molar-refractivity contribution in [1.29, 1.82) is 0 Å². The van der Waals surface area contributed by atoms with E-state index in [-0.39, 0.29) is 0 Å². The van der Waals surface area contributed by atoms with Crippen LogP contribution in [0.5, 0.6) is 5.75 Å². The lowest BCUT2D eigenvalue weighted by Crippen LogP contribution is -1.98. The molecule has 0 bridgehead atoms. The fourth-order valence-electron chi connectivity index (χ4n) is 3.40. The predicted molar refractivity (Wildman–Crippen MR) is 113 cm³/mol. The lowest BCUT2D eigenvalue weighted by Gasteiger charge is -2.08. The average molecular weight is 371 g/mol. The van der Waals surface area contributed by atoms with Crippen molar-refractivity contribution in [2.75, 3.05) is 6.61 Å². The maximum absolute atomic E-state index is 11.0. The highest BCUT2D eigenvalue weighted by Crippen LogP contribution is 2.22. The molecule has 0 radical (unpaired) electrons. The van der Waals surface area contributed by atoms with Crippen molar-refractivity contribution < 1.29 is 14.6 Å². The molecule has 0 atom stereocenters. The average Bonchev–Trinajstić information content (AvgIpc) is 2.68. The van der Waals surface area contributed by atoms with Crippen LogP contribution in [0.25, 0.3) is 10.8 Å². The van der Waals surface area contributed by atoms with Gasteiger partial charge in [0.2, 0.25) is 0 Å². The first-order valence-electron chi connectivity index (χ1n) is 10.6. The van der Waals surface area contributed by atoms with Crippen LogP contribution < -0.4 is 4.74 Å². The van der Waals surface area contributed by atoms with E-state index in [1.54, 1.807) is 12.1 Å². The van der Waals surface area contributed by atoms with Crippen LogP contribution >= 0.6 is 0 Å². The Morgan fingerprint density at radius 3 is 1.96 bits per heavy atom. The molecule has 0 amide bonds. The number of unbranched alkanes of at least 4 members (excludes halogenated alkanes) is 10. The Hall–Kier alpha value is -2.03. The van der Waals surface area contributed by atoms with Gasteiger partial charge in [0, 0.05) is 0 Å². The molecule has 0 unspecified atom stereocenters. The fraction of sp³-hybridized carbons (Fsp3) is 0.542. The molecule has 2 aromatic rings. The minimum absolute atomic E-state index is 0.317. The number of aromatic carboxylic acids is 1. The lowest BCUT2D eigenvalue weighted by atomic mass is 10.1. The molecule has 2 aromatic carbocycles. The van der Waals surface area contributed by atoms with Crippen LogP contribution in [0.4, 0.5) is 0 Å². The number of hydrogen-bond donors (Lipinski definition) is 1. The van der Waals surface area contributed by atoms with E-state index in [2.05, 4.69) is 6.92 Å². The van der Waals surface area contributed by atoms with E-state index in [0.717, 1.165) is 29.5 Å². The number of ether oxygens (including phenoxy) is 1. The van der Waals surface area contributed by atoms with Crippen molar-refractivity contribution in [3.63, 3.8) is 0 Å². The van der Waals surface area contributed by atoms with E-state index in [0.29, 0.717) is 5.56 Å². The van der Waals surface area contributed by atoms with Gasteiger partial charge < -0.3 is 9.84 Å². The summed E-state index contributed by atoms with van der Waals surface area (Å²) in [6, 6.07) is 11.0. The molecule has 3 nitrogen and oxygen atoms in total. The normalized spacial score (nSPS) is 11.0. The molecule has 1 N–H and O–H groups in total. The van der Waals surface area contributed by atoms with Gasteiger partial charge in [-0.15, -0.1) is 0 Å². The van der Waals surface area contributed by atoms with Gasteiger partial charge in [-0.2, -0.15) is 0 Å². The van der Waals surface area contributed by atoms with Gasteiger partial charge in [-0.3, -0.25) is 0 Å². The van der Waals surface area contributed by atoms with Crippen LogP contribution in [0.15, 0.2) is 36.4 Å².